The second-order valence-corrected chi connectivity index (χ2v) is 8.41. The molecule has 0 bridgehead atoms. The number of piperidine rings is 1. The number of benzene rings is 1. The van der Waals surface area contributed by atoms with Crippen LogP contribution in [0.25, 0.3) is 11.0 Å². The summed E-state index contributed by atoms with van der Waals surface area (Å²) in [7, 11) is 0. The molecule has 32 heavy (non-hydrogen) atoms. The molecule has 5 rings (SSSR count). The number of aliphatic hydroxyl groups excluding tert-OH is 1. The fourth-order valence-corrected chi connectivity index (χ4v) is 4.68. The molecule has 0 saturated carbocycles. The normalized spacial score (nSPS) is 18.5. The number of rotatable bonds is 3. The first-order valence-corrected chi connectivity index (χ1v) is 11.0. The SMILES string of the molecule is O=C(Nc1cccc(C(=O)N2CCCCC2CO)c1)N1CCc2c(cnc3[nH]ncc23)C1. The molecule has 3 aromatic rings. The van der Waals surface area contributed by atoms with Gasteiger partial charge in [0, 0.05) is 42.5 Å². The molecule has 1 unspecified atom stereocenters. The lowest BCUT2D eigenvalue weighted by Gasteiger charge is -2.34. The fraction of sp³-hybridized carbons (Fsp3) is 0.391. The Bertz CT molecular complexity index is 1160. The van der Waals surface area contributed by atoms with Crippen LogP contribution in [-0.4, -0.2) is 67.8 Å². The number of hydrogen-bond donors (Lipinski definition) is 3. The van der Waals surface area contributed by atoms with Crippen molar-refractivity contribution in [2.75, 3.05) is 25.0 Å². The number of aliphatic hydroxyl groups is 1. The number of nitrogens with zero attached hydrogens (tertiary/aromatic N) is 4. The molecule has 1 atom stereocenters. The van der Waals surface area contributed by atoms with E-state index < -0.39 is 0 Å². The number of fused-ring (bicyclic) bond motifs is 3. The Morgan fingerprint density at radius 2 is 2.12 bits per heavy atom. The fourth-order valence-electron chi connectivity index (χ4n) is 4.68. The summed E-state index contributed by atoms with van der Waals surface area (Å²) in [6.07, 6.45) is 7.08. The minimum absolute atomic E-state index is 0.0292. The Hall–Kier alpha value is -3.46. The maximum absolute atomic E-state index is 13.0. The number of aromatic nitrogens is 3. The molecular formula is C23H26N6O3. The molecule has 3 amide bonds. The lowest BCUT2D eigenvalue weighted by atomic mass is 9.99. The van der Waals surface area contributed by atoms with E-state index in [0.717, 1.165) is 42.3 Å². The third-order valence-electron chi connectivity index (χ3n) is 6.42. The summed E-state index contributed by atoms with van der Waals surface area (Å²) in [5.74, 6) is -0.109. The van der Waals surface area contributed by atoms with Gasteiger partial charge in [-0.25, -0.2) is 9.78 Å². The zero-order chi connectivity index (χ0) is 22.1. The van der Waals surface area contributed by atoms with Crippen LogP contribution in [0.15, 0.2) is 36.7 Å². The van der Waals surface area contributed by atoms with Crippen LogP contribution in [0.4, 0.5) is 10.5 Å². The molecule has 0 spiro atoms. The predicted octanol–water partition coefficient (Wildman–Crippen LogP) is 2.54. The third kappa shape index (κ3) is 3.80. The number of carbonyl (C=O) groups excluding carboxylic acids is 2. The van der Waals surface area contributed by atoms with Crippen molar-refractivity contribution in [3.05, 3.63) is 53.3 Å². The highest BCUT2D eigenvalue weighted by Crippen LogP contribution is 2.26. The third-order valence-corrected chi connectivity index (χ3v) is 6.42. The van der Waals surface area contributed by atoms with Gasteiger partial charge in [0.25, 0.3) is 5.91 Å². The van der Waals surface area contributed by atoms with Gasteiger partial charge in [-0.2, -0.15) is 5.10 Å². The van der Waals surface area contributed by atoms with Gasteiger partial charge in [0.15, 0.2) is 5.65 Å². The van der Waals surface area contributed by atoms with E-state index in [9.17, 15) is 14.7 Å². The van der Waals surface area contributed by atoms with Crippen molar-refractivity contribution < 1.29 is 14.7 Å². The Kier molecular flexibility index (Phi) is 5.48. The number of pyridine rings is 1. The van der Waals surface area contributed by atoms with E-state index in [4.69, 9.17) is 0 Å². The number of hydrogen-bond acceptors (Lipinski definition) is 5. The first kappa shape index (κ1) is 20.4. The molecule has 166 valence electrons. The van der Waals surface area contributed by atoms with Crippen LogP contribution in [-0.2, 0) is 13.0 Å². The highest BCUT2D eigenvalue weighted by atomic mass is 16.3. The standard InChI is InChI=1S/C23H26N6O3/c30-14-18-6-1-2-8-29(18)22(31)15-4-3-5-17(10-15)26-23(32)28-9-7-19-16(13-28)11-24-21-20(19)12-25-27-21/h3-5,10-12,18,30H,1-2,6-9,13-14H2,(H,26,32)(H,24,25,27). The highest BCUT2D eigenvalue weighted by Gasteiger charge is 2.27. The minimum Gasteiger partial charge on any atom is -0.394 e. The van der Waals surface area contributed by atoms with Gasteiger partial charge in [0.05, 0.1) is 18.8 Å². The molecule has 9 heteroatoms. The molecular weight excluding hydrogens is 408 g/mol. The van der Waals surface area contributed by atoms with Crippen LogP contribution in [0.2, 0.25) is 0 Å². The molecule has 2 aromatic heterocycles. The van der Waals surface area contributed by atoms with Gasteiger partial charge in [0.2, 0.25) is 0 Å². The second-order valence-electron chi connectivity index (χ2n) is 8.41. The number of likely N-dealkylation sites (tertiary alicyclic amines) is 1. The van der Waals surface area contributed by atoms with Crippen molar-refractivity contribution in [3.63, 3.8) is 0 Å². The van der Waals surface area contributed by atoms with Gasteiger partial charge in [-0.15, -0.1) is 0 Å². The summed E-state index contributed by atoms with van der Waals surface area (Å²) in [5.41, 5.74) is 4.05. The Balaban J connectivity index is 1.28. The van der Waals surface area contributed by atoms with Crippen molar-refractivity contribution in [3.8, 4) is 0 Å². The molecule has 1 saturated heterocycles. The van der Waals surface area contributed by atoms with E-state index in [1.807, 2.05) is 0 Å². The molecule has 0 aliphatic carbocycles. The van der Waals surface area contributed by atoms with E-state index >= 15 is 0 Å². The maximum atomic E-state index is 13.0. The quantitative estimate of drug-likeness (QED) is 0.586. The average molecular weight is 435 g/mol. The summed E-state index contributed by atoms with van der Waals surface area (Å²) in [6.45, 7) is 1.68. The van der Waals surface area contributed by atoms with Crippen LogP contribution in [0, 0.1) is 0 Å². The lowest BCUT2D eigenvalue weighted by molar-refractivity contribution is 0.0503. The van der Waals surface area contributed by atoms with Crippen LogP contribution in [0.3, 0.4) is 0 Å². The van der Waals surface area contributed by atoms with Crippen LogP contribution >= 0.6 is 0 Å². The van der Waals surface area contributed by atoms with Crippen LogP contribution in [0.1, 0.15) is 40.7 Å². The number of anilines is 1. The first-order chi connectivity index (χ1) is 15.6. The van der Waals surface area contributed by atoms with Gasteiger partial charge < -0.3 is 20.2 Å². The van der Waals surface area contributed by atoms with Gasteiger partial charge in [-0.3, -0.25) is 9.89 Å². The number of urea groups is 1. The van der Waals surface area contributed by atoms with Crippen LogP contribution < -0.4 is 5.32 Å². The monoisotopic (exact) mass is 434 g/mol. The van der Waals surface area contributed by atoms with Gasteiger partial charge >= 0.3 is 6.03 Å². The van der Waals surface area contributed by atoms with E-state index in [-0.39, 0.29) is 24.6 Å². The Morgan fingerprint density at radius 3 is 3.00 bits per heavy atom. The van der Waals surface area contributed by atoms with Crippen molar-refractivity contribution in [2.24, 2.45) is 0 Å². The minimum atomic E-state index is -0.209. The summed E-state index contributed by atoms with van der Waals surface area (Å²) in [5, 5.41) is 20.5. The second kappa shape index (κ2) is 8.58. The lowest BCUT2D eigenvalue weighted by Crippen LogP contribution is -2.45. The summed E-state index contributed by atoms with van der Waals surface area (Å²) >= 11 is 0. The van der Waals surface area contributed by atoms with E-state index in [0.29, 0.717) is 30.9 Å². The van der Waals surface area contributed by atoms with Gasteiger partial charge in [0.1, 0.15) is 0 Å². The number of nitrogens with one attached hydrogen (secondary N) is 2. The number of amides is 3. The Morgan fingerprint density at radius 1 is 1.22 bits per heavy atom. The smallest absolute Gasteiger partial charge is 0.322 e. The number of carbonyl (C=O) groups is 2. The number of aromatic amines is 1. The zero-order valence-electron chi connectivity index (χ0n) is 17.8. The van der Waals surface area contributed by atoms with Gasteiger partial charge in [-0.1, -0.05) is 6.07 Å². The van der Waals surface area contributed by atoms with E-state index in [2.05, 4.69) is 20.5 Å². The van der Waals surface area contributed by atoms with Crippen molar-refractivity contribution in [1.82, 2.24) is 25.0 Å². The van der Waals surface area contributed by atoms with Crippen molar-refractivity contribution in [1.29, 1.82) is 0 Å². The topological polar surface area (TPSA) is 114 Å². The van der Waals surface area contributed by atoms with E-state index in [1.165, 1.54) is 5.56 Å². The molecule has 3 N–H and O–H groups in total. The number of H-pyrrole nitrogens is 1. The molecule has 4 heterocycles. The van der Waals surface area contributed by atoms with Gasteiger partial charge in [-0.05, 0) is 55.0 Å². The average Bonchev–Trinajstić information content (AvgIpc) is 3.33. The molecule has 2 aliphatic rings. The zero-order valence-corrected chi connectivity index (χ0v) is 17.8. The summed E-state index contributed by atoms with van der Waals surface area (Å²) in [6, 6.07) is 6.66. The predicted molar refractivity (Wildman–Crippen MR) is 119 cm³/mol. The molecule has 1 fully saturated rings. The molecule has 9 nitrogen and oxygen atoms in total. The molecule has 2 aliphatic heterocycles. The Labute approximate surface area is 185 Å². The van der Waals surface area contributed by atoms with Crippen LogP contribution in [0.5, 0.6) is 0 Å². The summed E-state index contributed by atoms with van der Waals surface area (Å²) in [4.78, 5) is 33.8. The highest BCUT2D eigenvalue weighted by molar-refractivity contribution is 5.97. The summed E-state index contributed by atoms with van der Waals surface area (Å²) < 4.78 is 0. The molecule has 0 radical (unpaired) electrons. The van der Waals surface area contributed by atoms with Crippen molar-refractivity contribution >= 4 is 28.7 Å². The first-order valence-electron chi connectivity index (χ1n) is 11.0. The maximum Gasteiger partial charge on any atom is 0.322 e. The largest absolute Gasteiger partial charge is 0.394 e. The van der Waals surface area contributed by atoms with Crippen molar-refractivity contribution in [2.45, 2.75) is 38.3 Å². The molecule has 1 aromatic carbocycles. The van der Waals surface area contributed by atoms with E-state index in [1.54, 1.807) is 46.5 Å².